The van der Waals surface area contributed by atoms with E-state index in [1.54, 1.807) is 18.3 Å². The number of benzene rings is 3. The summed E-state index contributed by atoms with van der Waals surface area (Å²) in [5, 5.41) is 6.25. The molecule has 0 N–H and O–H groups in total. The fraction of sp³-hybridized carbons (Fsp3) is 0.306. The van der Waals surface area contributed by atoms with Gasteiger partial charge in [0.2, 0.25) is 11.8 Å². The first kappa shape index (κ1) is 26.1. The van der Waals surface area contributed by atoms with Crippen LogP contribution >= 0.6 is 11.6 Å². The van der Waals surface area contributed by atoms with Gasteiger partial charge in [-0.15, -0.1) is 0 Å². The molecule has 4 bridgehead atoms. The van der Waals surface area contributed by atoms with Gasteiger partial charge in [0.15, 0.2) is 0 Å². The molecule has 11 rings (SSSR count). The third kappa shape index (κ3) is 3.05. The third-order valence-electron chi connectivity index (χ3n) is 11.2. The Morgan fingerprint density at radius 3 is 1.93 bits per heavy atom. The molecule has 218 valence electrons. The Balaban J connectivity index is 1.24. The Morgan fingerprint density at radius 2 is 1.36 bits per heavy atom. The van der Waals surface area contributed by atoms with E-state index in [-0.39, 0.29) is 41.4 Å². The quantitative estimate of drug-likeness (QED) is 0.229. The fourth-order valence-electron chi connectivity index (χ4n) is 9.35. The lowest BCUT2D eigenvalue weighted by Gasteiger charge is -2.52. The second kappa shape index (κ2) is 8.85. The number of aryl methyl sites for hydroxylation is 1. The van der Waals surface area contributed by atoms with Crippen LogP contribution in [0.15, 0.2) is 84.0 Å². The average molecular weight is 602 g/mol. The van der Waals surface area contributed by atoms with Gasteiger partial charge in [-0.2, -0.15) is 10.1 Å². The van der Waals surface area contributed by atoms with E-state index in [0.717, 1.165) is 45.7 Å². The molecule has 0 spiro atoms. The second-order valence-corrected chi connectivity index (χ2v) is 13.5. The van der Waals surface area contributed by atoms with E-state index in [9.17, 15) is 19.2 Å². The maximum atomic E-state index is 14.6. The Hall–Kier alpha value is -4.36. The molecule has 0 aromatic heterocycles. The molecule has 8 aliphatic rings. The highest BCUT2D eigenvalue weighted by atomic mass is 35.5. The van der Waals surface area contributed by atoms with Gasteiger partial charge >= 0.3 is 0 Å². The summed E-state index contributed by atoms with van der Waals surface area (Å²) in [5.41, 5.74) is 3.77. The summed E-state index contributed by atoms with van der Waals surface area (Å²) in [4.78, 5) is 57.8. The number of carbonyl (C=O) groups excluding carboxylic acids is 4. The molecular formula is C36H28ClN3O4. The monoisotopic (exact) mass is 601 g/mol. The number of hydrogen-bond acceptors (Lipinski definition) is 5. The van der Waals surface area contributed by atoms with Crippen molar-refractivity contribution in [3.05, 3.63) is 112 Å². The number of nitrogens with zero attached hydrogens (tertiary/aromatic N) is 3. The van der Waals surface area contributed by atoms with E-state index in [1.807, 2.05) is 61.5 Å². The van der Waals surface area contributed by atoms with Crippen molar-refractivity contribution in [1.29, 1.82) is 0 Å². The summed E-state index contributed by atoms with van der Waals surface area (Å²) in [6.45, 7) is 1.87. The van der Waals surface area contributed by atoms with Gasteiger partial charge in [0.25, 0.3) is 11.8 Å². The molecular weight excluding hydrogens is 574 g/mol. The number of hydrogen-bond donors (Lipinski definition) is 0. The van der Waals surface area contributed by atoms with Gasteiger partial charge in [0, 0.05) is 17.2 Å². The van der Waals surface area contributed by atoms with Crippen molar-refractivity contribution in [2.24, 2.45) is 40.6 Å². The number of carbonyl (C=O) groups is 4. The summed E-state index contributed by atoms with van der Waals surface area (Å²) >= 11 is 6.47. The topological polar surface area (TPSA) is 87.1 Å². The van der Waals surface area contributed by atoms with Crippen molar-refractivity contribution >= 4 is 47.1 Å². The normalized spacial score (nSPS) is 34.2. The standard InChI is InChI=1S/C36H28ClN3O4/c1-18-10-15-21(16-26(18)37)39-32(41)30-29-22-6-2-4-8-24(22)36(31(30)35(39)44,25-9-5-3-7-23(25)29)17-38-40-33(42)27-19-11-12-20(14-13-19)28(27)34(40)43/h2-12,15-17,19-20,27-31H,13-14H2,1H3/b38-17-/t19-,20-,27-,28+,29?,30+,31-,36?/m0/s1. The number of amides is 4. The van der Waals surface area contributed by atoms with Crippen LogP contribution in [0.25, 0.3) is 0 Å². The molecule has 3 aromatic carbocycles. The zero-order chi connectivity index (χ0) is 30.1. The van der Waals surface area contributed by atoms with Crippen molar-refractivity contribution in [3.8, 4) is 0 Å². The zero-order valence-electron chi connectivity index (χ0n) is 23.9. The van der Waals surface area contributed by atoms with Gasteiger partial charge in [0.05, 0.1) is 34.8 Å². The molecule has 2 saturated heterocycles. The first-order valence-corrected chi connectivity index (χ1v) is 15.6. The minimum atomic E-state index is -1.17. The van der Waals surface area contributed by atoms with Crippen molar-refractivity contribution in [1.82, 2.24) is 5.01 Å². The van der Waals surface area contributed by atoms with Crippen LogP contribution in [0.1, 0.15) is 46.6 Å². The molecule has 7 nitrogen and oxygen atoms in total. The van der Waals surface area contributed by atoms with Gasteiger partial charge in [-0.3, -0.25) is 19.2 Å². The minimum absolute atomic E-state index is 0.0414. The largest absolute Gasteiger partial charge is 0.274 e. The minimum Gasteiger partial charge on any atom is -0.274 e. The van der Waals surface area contributed by atoms with Crippen LogP contribution in [0.5, 0.6) is 0 Å². The van der Waals surface area contributed by atoms with Gasteiger partial charge in [0.1, 0.15) is 0 Å². The summed E-state index contributed by atoms with van der Waals surface area (Å²) in [6.07, 6.45) is 7.59. The first-order valence-electron chi connectivity index (χ1n) is 15.3. The summed E-state index contributed by atoms with van der Waals surface area (Å²) in [6, 6.07) is 21.0. The number of halogens is 1. The van der Waals surface area contributed by atoms with E-state index in [1.165, 1.54) is 4.90 Å². The molecule has 2 aliphatic heterocycles. The van der Waals surface area contributed by atoms with Crippen LogP contribution in [0.4, 0.5) is 5.69 Å². The summed E-state index contributed by atoms with van der Waals surface area (Å²) in [5.74, 6) is -3.72. The first-order chi connectivity index (χ1) is 21.3. The number of imide groups is 2. The summed E-state index contributed by atoms with van der Waals surface area (Å²) < 4.78 is 0. The number of fused-ring (bicyclic) bond motifs is 1. The van der Waals surface area contributed by atoms with E-state index < -0.39 is 29.1 Å². The molecule has 44 heavy (non-hydrogen) atoms. The average Bonchev–Trinajstić information content (AvgIpc) is 3.48. The van der Waals surface area contributed by atoms with Crippen LogP contribution in [-0.2, 0) is 24.6 Å². The molecule has 3 fully saturated rings. The molecule has 1 saturated carbocycles. The number of hydrazone groups is 1. The molecule has 2 heterocycles. The van der Waals surface area contributed by atoms with Gasteiger partial charge in [-0.1, -0.05) is 78.4 Å². The summed E-state index contributed by atoms with van der Waals surface area (Å²) in [7, 11) is 0. The van der Waals surface area contributed by atoms with Crippen LogP contribution in [0.3, 0.4) is 0 Å². The van der Waals surface area contributed by atoms with Crippen LogP contribution in [0, 0.1) is 42.4 Å². The Bertz CT molecular complexity index is 1830. The SMILES string of the molecule is Cc1ccc(N2C(=O)[C@@H]3C4c5ccccc5C(/C=N\N5C(=O)[C@@H]6[C@H](C5=O)[C@H]5C=C[C@H]6CC5)(c5ccccc54)[C@@H]3C2=O)cc1Cl. The third-order valence-corrected chi connectivity index (χ3v) is 11.6. The Kier molecular flexibility index (Phi) is 5.25. The maximum absolute atomic E-state index is 14.6. The molecule has 6 atom stereocenters. The van der Waals surface area contributed by atoms with E-state index in [0.29, 0.717) is 10.7 Å². The van der Waals surface area contributed by atoms with E-state index >= 15 is 0 Å². The van der Waals surface area contributed by atoms with Gasteiger partial charge < -0.3 is 0 Å². The van der Waals surface area contributed by atoms with Gasteiger partial charge in [-0.25, -0.2) is 4.90 Å². The van der Waals surface area contributed by atoms with Gasteiger partial charge in [-0.05, 0) is 71.6 Å². The Labute approximate surface area is 259 Å². The van der Waals surface area contributed by atoms with Crippen molar-refractivity contribution in [3.63, 3.8) is 0 Å². The number of rotatable bonds is 3. The van der Waals surface area contributed by atoms with Crippen molar-refractivity contribution in [2.45, 2.75) is 31.1 Å². The van der Waals surface area contributed by atoms with E-state index in [2.05, 4.69) is 12.2 Å². The molecule has 3 aromatic rings. The molecule has 0 unspecified atom stereocenters. The molecule has 6 aliphatic carbocycles. The van der Waals surface area contributed by atoms with Crippen LogP contribution < -0.4 is 4.90 Å². The lowest BCUT2D eigenvalue weighted by molar-refractivity contribution is -0.140. The molecule has 0 radical (unpaired) electrons. The van der Waals surface area contributed by atoms with Crippen LogP contribution in [-0.4, -0.2) is 34.9 Å². The van der Waals surface area contributed by atoms with Crippen LogP contribution in [0.2, 0.25) is 5.02 Å². The highest BCUT2D eigenvalue weighted by Crippen LogP contribution is 2.64. The predicted octanol–water partition coefficient (Wildman–Crippen LogP) is 5.38. The Morgan fingerprint density at radius 1 is 0.773 bits per heavy atom. The highest BCUT2D eigenvalue weighted by Gasteiger charge is 2.68. The lowest BCUT2D eigenvalue weighted by atomic mass is 9.47. The number of anilines is 1. The smallest absolute Gasteiger partial charge is 0.254 e. The van der Waals surface area contributed by atoms with Crippen molar-refractivity contribution < 1.29 is 19.2 Å². The highest BCUT2D eigenvalue weighted by molar-refractivity contribution is 6.32. The lowest BCUT2D eigenvalue weighted by Crippen LogP contribution is -2.55. The van der Waals surface area contributed by atoms with Crippen molar-refractivity contribution in [2.75, 3.05) is 4.90 Å². The maximum Gasteiger partial charge on any atom is 0.254 e. The number of allylic oxidation sites excluding steroid dienone is 2. The predicted molar refractivity (Wildman–Crippen MR) is 164 cm³/mol. The molecule has 4 amide bonds. The van der Waals surface area contributed by atoms with E-state index in [4.69, 9.17) is 16.7 Å². The fourth-order valence-corrected chi connectivity index (χ4v) is 9.52. The molecule has 8 heteroatoms. The second-order valence-electron chi connectivity index (χ2n) is 13.0. The zero-order valence-corrected chi connectivity index (χ0v) is 24.6.